The summed E-state index contributed by atoms with van der Waals surface area (Å²) in [6.45, 7) is 10.5. The van der Waals surface area contributed by atoms with E-state index in [2.05, 4.69) is 43.5 Å². The number of carbonyl (C=O) groups excluding carboxylic acids is 2. The molecule has 7 heteroatoms. The zero-order chi connectivity index (χ0) is 25.3. The monoisotopic (exact) mass is 489 g/mol. The van der Waals surface area contributed by atoms with Crippen LogP contribution in [0.15, 0.2) is 18.2 Å². The van der Waals surface area contributed by atoms with Crippen LogP contribution in [0.5, 0.6) is 11.5 Å². The number of carbonyl (C=O) groups is 2. The molecule has 4 rings (SSSR count). The number of piperidine rings is 1. The van der Waals surface area contributed by atoms with Crippen molar-refractivity contribution in [3.05, 3.63) is 23.8 Å². The van der Waals surface area contributed by atoms with Crippen molar-refractivity contribution in [2.75, 3.05) is 33.0 Å². The topological polar surface area (TPSA) is 79.9 Å². The number of benzene rings is 1. The van der Waals surface area contributed by atoms with Crippen LogP contribution in [0.1, 0.15) is 96.5 Å². The summed E-state index contributed by atoms with van der Waals surface area (Å²) in [4.78, 5) is 23.5. The van der Waals surface area contributed by atoms with Crippen molar-refractivity contribution in [2.24, 2.45) is 0 Å². The number of nitrogens with zero attached hydrogens (tertiary/aromatic N) is 1. The summed E-state index contributed by atoms with van der Waals surface area (Å²) in [5.74, 6) is 2.57. The molecule has 2 unspecified atom stereocenters. The average molecular weight is 490 g/mol. The first-order valence-corrected chi connectivity index (χ1v) is 13.7. The highest BCUT2D eigenvalue weighted by molar-refractivity contribution is 5.76. The van der Waals surface area contributed by atoms with Gasteiger partial charge in [-0.3, -0.25) is 9.59 Å². The van der Waals surface area contributed by atoms with Gasteiger partial charge < -0.3 is 25.0 Å². The molecule has 0 bridgehead atoms. The zero-order valence-corrected chi connectivity index (χ0v) is 22.2. The number of unbranched alkanes of at least 4 members (excludes halogenated alkanes) is 3. The maximum atomic E-state index is 11.9. The first-order chi connectivity index (χ1) is 17.1. The van der Waals surface area contributed by atoms with Crippen molar-refractivity contribution >= 4 is 12.3 Å². The van der Waals surface area contributed by atoms with Crippen LogP contribution < -0.4 is 20.1 Å². The molecule has 1 aromatic carbocycles. The predicted molar refractivity (Wildman–Crippen MR) is 141 cm³/mol. The molecular weight excluding hydrogens is 442 g/mol. The van der Waals surface area contributed by atoms with Crippen molar-refractivity contribution in [1.29, 1.82) is 0 Å². The molecular formula is C28H47N3O4. The molecule has 7 nitrogen and oxygen atoms in total. The van der Waals surface area contributed by atoms with E-state index >= 15 is 0 Å². The van der Waals surface area contributed by atoms with Gasteiger partial charge in [0.25, 0.3) is 0 Å². The minimum atomic E-state index is 0.328. The maximum Gasteiger partial charge on any atom is 0.231 e. The van der Waals surface area contributed by atoms with Gasteiger partial charge in [-0.25, -0.2) is 0 Å². The molecule has 2 N–H and O–H groups in total. The smallest absolute Gasteiger partial charge is 0.231 e. The molecule has 2 saturated heterocycles. The summed E-state index contributed by atoms with van der Waals surface area (Å²) in [6, 6.07) is 6.78. The summed E-state index contributed by atoms with van der Waals surface area (Å²) in [7, 11) is 0. The SMILES string of the molecule is CCCCC.CCCCNC=O.O=C1CCCCN1CCC1CC(c2ccc3c(c2)OCO3)CN1. The minimum absolute atomic E-state index is 0.328. The largest absolute Gasteiger partial charge is 0.454 e. The molecule has 2 fully saturated rings. The van der Waals surface area contributed by atoms with Crippen LogP contribution in [0.25, 0.3) is 0 Å². The van der Waals surface area contributed by atoms with Gasteiger partial charge in [0.15, 0.2) is 11.5 Å². The Hall–Kier alpha value is -2.28. The number of ether oxygens (including phenoxy) is 2. The van der Waals surface area contributed by atoms with E-state index in [0.717, 1.165) is 89.0 Å². The van der Waals surface area contributed by atoms with Crippen molar-refractivity contribution in [3.8, 4) is 11.5 Å². The highest BCUT2D eigenvalue weighted by atomic mass is 16.7. The Kier molecular flexibility index (Phi) is 14.2. The third-order valence-corrected chi connectivity index (χ3v) is 6.72. The van der Waals surface area contributed by atoms with Gasteiger partial charge in [0.2, 0.25) is 19.1 Å². The van der Waals surface area contributed by atoms with Gasteiger partial charge in [-0.15, -0.1) is 0 Å². The molecule has 3 aliphatic rings. The molecule has 3 aliphatic heterocycles. The zero-order valence-electron chi connectivity index (χ0n) is 22.2. The van der Waals surface area contributed by atoms with Gasteiger partial charge in [0.1, 0.15) is 0 Å². The summed E-state index contributed by atoms with van der Waals surface area (Å²) in [5.41, 5.74) is 1.32. The molecule has 35 heavy (non-hydrogen) atoms. The normalized spacial score (nSPS) is 20.4. The highest BCUT2D eigenvalue weighted by Gasteiger charge is 2.28. The fraction of sp³-hybridized carbons (Fsp3) is 0.714. The molecule has 2 atom stereocenters. The van der Waals surface area contributed by atoms with Crippen LogP contribution in [0.2, 0.25) is 0 Å². The number of amides is 2. The quantitative estimate of drug-likeness (QED) is 0.357. The number of rotatable bonds is 10. The van der Waals surface area contributed by atoms with E-state index in [1.807, 2.05) is 11.0 Å². The van der Waals surface area contributed by atoms with E-state index in [9.17, 15) is 9.59 Å². The Bertz CT molecular complexity index is 741. The van der Waals surface area contributed by atoms with Crippen molar-refractivity contribution in [2.45, 2.75) is 96.9 Å². The van der Waals surface area contributed by atoms with Gasteiger partial charge in [0.05, 0.1) is 0 Å². The summed E-state index contributed by atoms with van der Waals surface area (Å²) >= 11 is 0. The molecule has 2 amide bonds. The van der Waals surface area contributed by atoms with E-state index in [-0.39, 0.29) is 0 Å². The predicted octanol–water partition coefficient (Wildman–Crippen LogP) is 4.99. The lowest BCUT2D eigenvalue weighted by molar-refractivity contribution is -0.133. The Labute approximate surface area is 212 Å². The van der Waals surface area contributed by atoms with Gasteiger partial charge in [0, 0.05) is 38.6 Å². The van der Waals surface area contributed by atoms with Crippen molar-refractivity contribution in [3.63, 3.8) is 0 Å². The molecule has 0 spiro atoms. The lowest BCUT2D eigenvalue weighted by Crippen LogP contribution is -2.38. The molecule has 1 aromatic rings. The second kappa shape index (κ2) is 17.2. The van der Waals surface area contributed by atoms with Crippen LogP contribution in [-0.2, 0) is 9.59 Å². The number of likely N-dealkylation sites (tertiary alicyclic amines) is 1. The van der Waals surface area contributed by atoms with E-state index in [4.69, 9.17) is 9.47 Å². The number of hydrogen-bond acceptors (Lipinski definition) is 5. The van der Waals surface area contributed by atoms with Crippen LogP contribution in [-0.4, -0.2) is 56.2 Å². The lowest BCUT2D eigenvalue weighted by atomic mass is 9.95. The van der Waals surface area contributed by atoms with Gasteiger partial charge in [-0.1, -0.05) is 52.5 Å². The van der Waals surface area contributed by atoms with Gasteiger partial charge in [-0.2, -0.15) is 0 Å². The van der Waals surface area contributed by atoms with Crippen LogP contribution in [0, 0.1) is 0 Å². The van der Waals surface area contributed by atoms with Gasteiger partial charge >= 0.3 is 0 Å². The lowest BCUT2D eigenvalue weighted by Gasteiger charge is -2.27. The molecule has 0 aliphatic carbocycles. The van der Waals surface area contributed by atoms with Gasteiger partial charge in [-0.05, 0) is 55.7 Å². The second-order valence-electron chi connectivity index (χ2n) is 9.56. The summed E-state index contributed by atoms with van der Waals surface area (Å²) in [5, 5.41) is 6.19. The average Bonchev–Trinajstić information content (AvgIpc) is 3.54. The third-order valence-electron chi connectivity index (χ3n) is 6.72. The Morgan fingerprint density at radius 1 is 1.09 bits per heavy atom. The Morgan fingerprint density at radius 3 is 2.54 bits per heavy atom. The third kappa shape index (κ3) is 10.5. The standard InChI is InChI=1S/C18H24N2O3.C5H11NO.C5H12/c21-18-3-1-2-7-20(18)8-6-15-9-14(11-19-15)13-4-5-16-17(10-13)23-12-22-16;1-2-3-4-6-5-7;1-3-5-4-2/h4-5,10,14-15,19H,1-3,6-9,11-12H2;5H,2-4H2,1H3,(H,6,7);3-5H2,1-2H3. The van der Waals surface area contributed by atoms with Crippen LogP contribution >= 0.6 is 0 Å². The molecule has 198 valence electrons. The molecule has 3 heterocycles. The van der Waals surface area contributed by atoms with E-state index in [0.29, 0.717) is 24.7 Å². The fourth-order valence-corrected chi connectivity index (χ4v) is 4.56. The van der Waals surface area contributed by atoms with Crippen molar-refractivity contribution in [1.82, 2.24) is 15.5 Å². The number of nitrogens with one attached hydrogen (secondary N) is 2. The van der Waals surface area contributed by atoms with E-state index in [1.54, 1.807) is 0 Å². The van der Waals surface area contributed by atoms with E-state index in [1.165, 1.54) is 24.8 Å². The summed E-state index contributed by atoms with van der Waals surface area (Å²) < 4.78 is 10.9. The van der Waals surface area contributed by atoms with Crippen LogP contribution in [0.4, 0.5) is 0 Å². The minimum Gasteiger partial charge on any atom is -0.454 e. The number of fused-ring (bicyclic) bond motifs is 1. The first kappa shape index (κ1) is 29.0. The maximum absolute atomic E-state index is 11.9. The Morgan fingerprint density at radius 2 is 1.86 bits per heavy atom. The molecule has 0 saturated carbocycles. The Balaban J connectivity index is 0.000000302. The highest BCUT2D eigenvalue weighted by Crippen LogP contribution is 2.37. The van der Waals surface area contributed by atoms with Crippen molar-refractivity contribution < 1.29 is 19.1 Å². The second-order valence-corrected chi connectivity index (χ2v) is 9.56. The van der Waals surface area contributed by atoms with Crippen LogP contribution in [0.3, 0.4) is 0 Å². The van der Waals surface area contributed by atoms with E-state index < -0.39 is 0 Å². The summed E-state index contributed by atoms with van der Waals surface area (Å²) in [6.07, 6.45) is 12.2. The number of hydrogen-bond donors (Lipinski definition) is 2. The first-order valence-electron chi connectivity index (χ1n) is 13.7. The molecule has 0 aromatic heterocycles. The fourth-order valence-electron chi connectivity index (χ4n) is 4.56. The molecule has 0 radical (unpaired) electrons.